The quantitative estimate of drug-likeness (QED) is 0.538. The Morgan fingerprint density at radius 2 is 1.64 bits per heavy atom. The number of anilines is 1. The third-order valence-electron chi connectivity index (χ3n) is 5.17. The Labute approximate surface area is 198 Å². The number of methoxy groups -OCH3 is 2. The minimum Gasteiger partial charge on any atom is -0.495 e. The van der Waals surface area contributed by atoms with Crippen molar-refractivity contribution in [1.82, 2.24) is 0 Å². The van der Waals surface area contributed by atoms with Crippen molar-refractivity contribution in [3.8, 4) is 16.9 Å². The number of rotatable bonds is 3. The Balaban J connectivity index is 0.000000714. The van der Waals surface area contributed by atoms with E-state index in [-0.39, 0.29) is 5.78 Å². The van der Waals surface area contributed by atoms with Crippen molar-refractivity contribution in [3.63, 3.8) is 0 Å². The second-order valence-corrected chi connectivity index (χ2v) is 7.35. The van der Waals surface area contributed by atoms with E-state index >= 15 is 0 Å². The molecule has 0 fully saturated rings. The van der Waals surface area contributed by atoms with Gasteiger partial charge in [-0.2, -0.15) is 0 Å². The molecule has 0 aromatic heterocycles. The van der Waals surface area contributed by atoms with E-state index in [1.165, 1.54) is 0 Å². The number of ketones is 1. The number of benzene rings is 2. The van der Waals surface area contributed by atoms with Crippen molar-refractivity contribution < 1.29 is 14.3 Å². The van der Waals surface area contributed by atoms with Crippen LogP contribution in [0.1, 0.15) is 25.8 Å². The van der Waals surface area contributed by atoms with Crippen LogP contribution >= 0.6 is 0 Å². The van der Waals surface area contributed by atoms with Gasteiger partial charge in [0.1, 0.15) is 5.75 Å². The predicted octanol–water partition coefficient (Wildman–Crippen LogP) is 6.54. The van der Waals surface area contributed by atoms with Gasteiger partial charge in [0.25, 0.3) is 0 Å². The number of Topliss-reactive ketones (excluding diaryl/α,β-unsaturated/α-hetero) is 1. The molecule has 0 unspecified atom stereocenters. The van der Waals surface area contributed by atoms with Crippen LogP contribution in [0.5, 0.6) is 5.75 Å². The monoisotopic (exact) mass is 445 g/mol. The van der Waals surface area contributed by atoms with E-state index in [1.54, 1.807) is 21.3 Å². The van der Waals surface area contributed by atoms with Gasteiger partial charge in [-0.05, 0) is 34.8 Å². The van der Waals surface area contributed by atoms with Gasteiger partial charge in [-0.25, -0.2) is 0 Å². The number of nitrogens with zero attached hydrogens (tertiary/aromatic N) is 1. The lowest BCUT2D eigenvalue weighted by Gasteiger charge is -2.22. The lowest BCUT2D eigenvalue weighted by atomic mass is 9.92. The summed E-state index contributed by atoms with van der Waals surface area (Å²) in [5.41, 5.74) is 5.82. The van der Waals surface area contributed by atoms with Crippen LogP contribution in [0.15, 0.2) is 90.2 Å². The highest BCUT2D eigenvalue weighted by atomic mass is 16.5. The number of hydrogen-bond donors (Lipinski definition) is 0. The lowest BCUT2D eigenvalue weighted by Crippen LogP contribution is -2.12. The number of ether oxygens (including phenoxy) is 2. The lowest BCUT2D eigenvalue weighted by molar-refractivity contribution is -0.114. The summed E-state index contributed by atoms with van der Waals surface area (Å²) >= 11 is 0. The van der Waals surface area contributed by atoms with Crippen molar-refractivity contribution in [2.45, 2.75) is 26.7 Å². The van der Waals surface area contributed by atoms with Gasteiger partial charge < -0.3 is 14.4 Å². The molecule has 0 saturated carbocycles. The van der Waals surface area contributed by atoms with Gasteiger partial charge in [-0.1, -0.05) is 80.6 Å². The van der Waals surface area contributed by atoms with E-state index in [1.807, 2.05) is 80.6 Å². The van der Waals surface area contributed by atoms with Crippen LogP contribution in [0.3, 0.4) is 0 Å². The van der Waals surface area contributed by atoms with E-state index in [9.17, 15) is 4.79 Å². The van der Waals surface area contributed by atoms with Gasteiger partial charge in [0, 0.05) is 39.5 Å². The van der Waals surface area contributed by atoms with E-state index < -0.39 is 0 Å². The predicted molar refractivity (Wildman–Crippen MR) is 139 cm³/mol. The molecular weight excluding hydrogens is 410 g/mol. The molecule has 174 valence electrons. The number of carbonyl (C=O) groups excluding carboxylic acids is 1. The van der Waals surface area contributed by atoms with Crippen LogP contribution in [0.2, 0.25) is 0 Å². The van der Waals surface area contributed by atoms with Crippen LogP contribution in [0.4, 0.5) is 5.69 Å². The summed E-state index contributed by atoms with van der Waals surface area (Å²) in [6, 6.07) is 14.2. The van der Waals surface area contributed by atoms with Crippen molar-refractivity contribution in [1.29, 1.82) is 0 Å². The molecule has 4 heteroatoms. The molecule has 0 radical (unpaired) electrons. The van der Waals surface area contributed by atoms with Crippen LogP contribution < -0.4 is 9.64 Å². The van der Waals surface area contributed by atoms with Crippen molar-refractivity contribution >= 4 is 11.5 Å². The Kier molecular flexibility index (Phi) is 10.4. The third-order valence-corrected chi connectivity index (χ3v) is 5.17. The minimum absolute atomic E-state index is 0.119. The van der Waals surface area contributed by atoms with Gasteiger partial charge in [0.2, 0.25) is 0 Å². The van der Waals surface area contributed by atoms with Gasteiger partial charge in [0.15, 0.2) is 5.78 Å². The fourth-order valence-electron chi connectivity index (χ4n) is 3.83. The third kappa shape index (κ3) is 6.33. The van der Waals surface area contributed by atoms with Gasteiger partial charge in [0.05, 0.1) is 12.8 Å². The minimum atomic E-state index is 0.119. The van der Waals surface area contributed by atoms with Gasteiger partial charge in [-0.15, -0.1) is 0 Å². The standard InChI is InChI=1S/C25H23NO2.C2H6O.C2H6/c1-26-17-22(19-12-6-3-4-7-13-19)23(27)16-21-20(18-10-8-5-9-11-18)14-15-24(28-2)25(21)26;1-3-2;1-2/h3-6,8-15,17H,7,16H2,1-2H3;1-2H3;1-2H3. The van der Waals surface area contributed by atoms with Gasteiger partial charge >= 0.3 is 0 Å². The Hall–Kier alpha value is -3.37. The second kappa shape index (κ2) is 13.2. The molecule has 2 aliphatic rings. The summed E-state index contributed by atoms with van der Waals surface area (Å²) in [5.74, 6) is 0.892. The normalized spacial score (nSPS) is 14.4. The van der Waals surface area contributed by atoms with Crippen LogP contribution in [0.25, 0.3) is 11.1 Å². The first kappa shape index (κ1) is 25.9. The molecule has 0 bridgehead atoms. The molecule has 4 rings (SSSR count). The van der Waals surface area contributed by atoms with E-state index in [0.29, 0.717) is 6.42 Å². The van der Waals surface area contributed by atoms with E-state index in [2.05, 4.69) is 29.0 Å². The fraction of sp³-hybridized carbons (Fsp3) is 0.276. The van der Waals surface area contributed by atoms with Crippen molar-refractivity contribution in [2.24, 2.45) is 0 Å². The Morgan fingerprint density at radius 1 is 0.939 bits per heavy atom. The number of carbonyl (C=O) groups is 1. The first-order chi connectivity index (χ1) is 16.1. The summed E-state index contributed by atoms with van der Waals surface area (Å²) in [6.07, 6.45) is 13.3. The highest BCUT2D eigenvalue weighted by molar-refractivity contribution is 6.05. The average Bonchev–Trinajstić information content (AvgIpc) is 3.19. The zero-order chi connectivity index (χ0) is 24.2. The smallest absolute Gasteiger partial charge is 0.169 e. The number of hydrogen-bond acceptors (Lipinski definition) is 4. The maximum Gasteiger partial charge on any atom is 0.169 e. The fourth-order valence-corrected chi connectivity index (χ4v) is 3.83. The maximum absolute atomic E-state index is 13.3. The van der Waals surface area contributed by atoms with Crippen molar-refractivity contribution in [2.75, 3.05) is 33.3 Å². The Bertz CT molecular complexity index is 1050. The Morgan fingerprint density at radius 3 is 2.30 bits per heavy atom. The van der Waals surface area contributed by atoms with E-state index in [0.717, 1.165) is 45.7 Å². The summed E-state index contributed by atoms with van der Waals surface area (Å²) in [5, 5.41) is 0. The number of fused-ring (bicyclic) bond motifs is 1. The zero-order valence-corrected chi connectivity index (χ0v) is 20.6. The zero-order valence-electron chi connectivity index (χ0n) is 20.6. The molecule has 0 N–H and O–H groups in total. The molecule has 1 aliphatic carbocycles. The van der Waals surface area contributed by atoms with Gasteiger partial charge in [-0.3, -0.25) is 4.79 Å². The highest BCUT2D eigenvalue weighted by Crippen LogP contribution is 2.41. The maximum atomic E-state index is 13.3. The molecule has 1 aliphatic heterocycles. The molecule has 2 aromatic carbocycles. The summed E-state index contributed by atoms with van der Waals surface area (Å²) in [4.78, 5) is 15.3. The molecule has 33 heavy (non-hydrogen) atoms. The van der Waals surface area contributed by atoms with E-state index in [4.69, 9.17) is 4.74 Å². The first-order valence-corrected chi connectivity index (χ1v) is 11.3. The molecule has 0 saturated heterocycles. The molecule has 0 atom stereocenters. The molecule has 0 amide bonds. The topological polar surface area (TPSA) is 38.8 Å². The van der Waals surface area contributed by atoms with Crippen LogP contribution in [-0.4, -0.2) is 34.2 Å². The SMILES string of the molecule is CC.COC.COc1ccc(-c2ccccc2)c2c1N(C)C=C(C1=CCC=CC=C1)C(=O)C2. The second-order valence-electron chi connectivity index (χ2n) is 7.35. The average molecular weight is 446 g/mol. The molecule has 4 nitrogen and oxygen atoms in total. The summed E-state index contributed by atoms with van der Waals surface area (Å²) in [7, 11) is 6.90. The van der Waals surface area contributed by atoms with Crippen molar-refractivity contribution in [3.05, 3.63) is 95.8 Å². The molecular formula is C29H35NO3. The van der Waals surface area contributed by atoms with Crippen LogP contribution in [0, 0.1) is 0 Å². The highest BCUT2D eigenvalue weighted by Gasteiger charge is 2.26. The first-order valence-electron chi connectivity index (χ1n) is 11.3. The molecule has 0 spiro atoms. The largest absolute Gasteiger partial charge is 0.495 e. The summed E-state index contributed by atoms with van der Waals surface area (Å²) < 4.78 is 9.89. The van der Waals surface area contributed by atoms with Crippen LogP contribution in [-0.2, 0) is 16.0 Å². The summed E-state index contributed by atoms with van der Waals surface area (Å²) in [6.45, 7) is 4.00. The molecule has 1 heterocycles. The number of allylic oxidation sites excluding steroid dienone is 7. The molecule has 2 aromatic rings.